The molecular weight excluding hydrogens is 314 g/mol. The van der Waals surface area contributed by atoms with Crippen LogP contribution in [0.15, 0.2) is 59.4 Å². The fourth-order valence-corrected chi connectivity index (χ4v) is 2.57. The predicted molar refractivity (Wildman–Crippen MR) is 95.8 cm³/mol. The van der Waals surface area contributed by atoms with Gasteiger partial charge in [0.05, 0.1) is 18.7 Å². The van der Waals surface area contributed by atoms with Gasteiger partial charge in [-0.05, 0) is 18.6 Å². The number of Topliss-reactive ketones (excluding diaryl/α,β-unsaturated/α-hetero) is 1. The molecule has 0 fully saturated rings. The number of nitrogens with one attached hydrogen (secondary N) is 1. The minimum Gasteiger partial charge on any atom is -0.319 e. The summed E-state index contributed by atoms with van der Waals surface area (Å²) in [5.41, 5.74) is 1.92. The first kappa shape index (κ1) is 16.3. The van der Waals surface area contributed by atoms with Crippen LogP contribution in [0.5, 0.6) is 0 Å². The average molecular weight is 329 g/mol. The molecule has 0 spiro atoms. The molecule has 1 N–H and O–H groups in total. The first-order valence-corrected chi connectivity index (χ1v) is 7.74. The number of ketones is 1. The molecule has 0 unspecified atom stereocenters. The van der Waals surface area contributed by atoms with E-state index in [0.29, 0.717) is 16.8 Å². The zero-order valence-corrected chi connectivity index (χ0v) is 13.6. The Kier molecular flexibility index (Phi) is 4.53. The number of hydrogen-bond donors (Lipinski definition) is 1. The monoisotopic (exact) mass is 329 g/mol. The number of aromatic amines is 1. The highest BCUT2D eigenvalue weighted by Crippen LogP contribution is 2.24. The lowest BCUT2D eigenvalue weighted by molar-refractivity contribution is 0.0990. The predicted octanol–water partition coefficient (Wildman–Crippen LogP) is 3.72. The largest absolute Gasteiger partial charge is 0.319 e. The van der Waals surface area contributed by atoms with Gasteiger partial charge < -0.3 is 4.98 Å². The number of aryl methyl sites for hydroxylation is 1. The number of benzene rings is 2. The Morgan fingerprint density at radius 1 is 1.16 bits per heavy atom. The third-order valence-corrected chi connectivity index (χ3v) is 3.77. The summed E-state index contributed by atoms with van der Waals surface area (Å²) in [5, 5.41) is 0. The fraction of sp³-hybridized carbons (Fsp3) is 0.100. The van der Waals surface area contributed by atoms with Crippen molar-refractivity contribution in [2.24, 2.45) is 0 Å². The summed E-state index contributed by atoms with van der Waals surface area (Å²) < 4.78 is 0. The molecule has 2 aromatic carbocycles. The van der Waals surface area contributed by atoms with Crippen LogP contribution in [0, 0.1) is 13.5 Å². The van der Waals surface area contributed by atoms with Crippen molar-refractivity contribution in [3.05, 3.63) is 93.3 Å². The summed E-state index contributed by atoms with van der Waals surface area (Å²) in [4.78, 5) is 34.9. The third-order valence-electron chi connectivity index (χ3n) is 3.77. The van der Waals surface area contributed by atoms with Gasteiger partial charge in [0.1, 0.15) is 5.82 Å². The Labute approximate surface area is 144 Å². The maximum atomic E-state index is 12.5. The summed E-state index contributed by atoms with van der Waals surface area (Å²) in [6.45, 7) is 9.15. The van der Waals surface area contributed by atoms with E-state index >= 15 is 0 Å². The lowest BCUT2D eigenvalue weighted by Crippen LogP contribution is -2.15. The second-order valence-corrected chi connectivity index (χ2v) is 5.66. The Balaban J connectivity index is 2.01. The highest BCUT2D eigenvalue weighted by molar-refractivity contribution is 5.97. The number of H-pyrrole nitrogens is 1. The van der Waals surface area contributed by atoms with Crippen molar-refractivity contribution in [3.63, 3.8) is 0 Å². The summed E-state index contributed by atoms with van der Waals surface area (Å²) in [5.74, 6) is 0.115. The quantitative estimate of drug-likeness (QED) is 0.586. The van der Waals surface area contributed by atoms with E-state index in [4.69, 9.17) is 6.57 Å². The first-order chi connectivity index (χ1) is 12.1. The van der Waals surface area contributed by atoms with Gasteiger partial charge in [-0.1, -0.05) is 54.1 Å². The van der Waals surface area contributed by atoms with E-state index in [1.54, 1.807) is 24.3 Å². The minimum atomic E-state index is -0.532. The Bertz CT molecular complexity index is 1030. The second-order valence-electron chi connectivity index (χ2n) is 5.66. The highest BCUT2D eigenvalue weighted by atomic mass is 16.1. The number of hydrogen-bond acceptors (Lipinski definition) is 3. The van der Waals surface area contributed by atoms with Crippen LogP contribution in [0.1, 0.15) is 21.7 Å². The van der Waals surface area contributed by atoms with Gasteiger partial charge in [0.25, 0.3) is 11.2 Å². The number of rotatable bonds is 4. The average Bonchev–Trinajstić information content (AvgIpc) is 2.62. The van der Waals surface area contributed by atoms with Gasteiger partial charge in [-0.25, -0.2) is 9.83 Å². The minimum absolute atomic E-state index is 0.0309. The first-order valence-electron chi connectivity index (χ1n) is 7.74. The smallest absolute Gasteiger partial charge is 0.276 e. The van der Waals surface area contributed by atoms with Crippen molar-refractivity contribution >= 4 is 11.5 Å². The normalized spacial score (nSPS) is 10.2. The van der Waals surface area contributed by atoms with Crippen molar-refractivity contribution in [3.8, 4) is 11.3 Å². The Morgan fingerprint density at radius 3 is 2.60 bits per heavy atom. The van der Waals surface area contributed by atoms with Crippen LogP contribution < -0.4 is 5.56 Å². The lowest BCUT2D eigenvalue weighted by atomic mass is 10.1. The van der Waals surface area contributed by atoms with Gasteiger partial charge in [0, 0.05) is 5.56 Å². The van der Waals surface area contributed by atoms with Crippen LogP contribution in [-0.2, 0) is 6.42 Å². The molecule has 0 bridgehead atoms. The van der Waals surface area contributed by atoms with E-state index in [2.05, 4.69) is 14.8 Å². The maximum Gasteiger partial charge on any atom is 0.276 e. The molecule has 0 radical (unpaired) electrons. The van der Waals surface area contributed by atoms with Gasteiger partial charge in [-0.15, -0.1) is 0 Å². The van der Waals surface area contributed by atoms with Crippen molar-refractivity contribution in [1.82, 2.24) is 9.97 Å². The van der Waals surface area contributed by atoms with E-state index in [1.807, 2.05) is 37.3 Å². The van der Waals surface area contributed by atoms with E-state index in [1.165, 1.54) is 0 Å². The van der Waals surface area contributed by atoms with E-state index in [0.717, 1.165) is 5.56 Å². The molecule has 122 valence electrons. The SMILES string of the molecule is [C-]#[N+]c1c(-c2ccccc2)nc(CC(=O)c2cccc(C)c2)[nH]c1=O. The molecule has 0 aliphatic heterocycles. The van der Waals surface area contributed by atoms with Crippen molar-refractivity contribution in [2.45, 2.75) is 13.3 Å². The second kappa shape index (κ2) is 6.93. The number of nitrogens with zero attached hydrogens (tertiary/aromatic N) is 2. The number of carbonyl (C=O) groups is 1. The summed E-state index contributed by atoms with van der Waals surface area (Å²) in [7, 11) is 0. The molecule has 25 heavy (non-hydrogen) atoms. The topological polar surface area (TPSA) is 67.2 Å². The van der Waals surface area contributed by atoms with Crippen LogP contribution in [-0.4, -0.2) is 15.8 Å². The number of aromatic nitrogens is 2. The maximum absolute atomic E-state index is 12.5. The third kappa shape index (κ3) is 3.54. The van der Waals surface area contributed by atoms with E-state index in [9.17, 15) is 9.59 Å². The molecule has 0 aliphatic rings. The van der Waals surface area contributed by atoms with Crippen LogP contribution in [0.3, 0.4) is 0 Å². The van der Waals surface area contributed by atoms with Gasteiger partial charge in [0.2, 0.25) is 0 Å². The summed E-state index contributed by atoms with van der Waals surface area (Å²) in [6.07, 6.45) is -0.0309. The van der Waals surface area contributed by atoms with Crippen LogP contribution in [0.25, 0.3) is 16.1 Å². The molecule has 5 heteroatoms. The van der Waals surface area contributed by atoms with Crippen molar-refractivity contribution in [2.75, 3.05) is 0 Å². The van der Waals surface area contributed by atoms with Gasteiger partial charge in [-0.3, -0.25) is 9.59 Å². The molecule has 0 atom stereocenters. The lowest BCUT2D eigenvalue weighted by Gasteiger charge is -2.07. The van der Waals surface area contributed by atoms with Crippen molar-refractivity contribution < 1.29 is 4.79 Å². The molecule has 0 amide bonds. The molecule has 1 aromatic heterocycles. The van der Waals surface area contributed by atoms with Crippen LogP contribution in [0.2, 0.25) is 0 Å². The standard InChI is InChI=1S/C20H15N3O2/c1-13-7-6-10-15(11-13)16(24)12-17-22-18(14-8-4-3-5-9-14)19(21-2)20(25)23-17/h3-11H,12H2,1H3,(H,22,23,25). The fourth-order valence-electron chi connectivity index (χ4n) is 2.57. The molecule has 1 heterocycles. The Morgan fingerprint density at radius 2 is 1.92 bits per heavy atom. The molecule has 3 aromatic rings. The van der Waals surface area contributed by atoms with Crippen molar-refractivity contribution in [1.29, 1.82) is 0 Å². The number of carbonyl (C=O) groups excluding carboxylic acids is 1. The molecule has 5 nitrogen and oxygen atoms in total. The molecular formula is C20H15N3O2. The summed E-state index contributed by atoms with van der Waals surface area (Å²) >= 11 is 0. The molecule has 0 saturated carbocycles. The highest BCUT2D eigenvalue weighted by Gasteiger charge is 2.16. The van der Waals surface area contributed by atoms with Gasteiger partial charge in [-0.2, -0.15) is 0 Å². The summed E-state index contributed by atoms with van der Waals surface area (Å²) in [6, 6.07) is 16.3. The zero-order chi connectivity index (χ0) is 17.8. The molecule has 0 saturated heterocycles. The molecule has 0 aliphatic carbocycles. The zero-order valence-electron chi connectivity index (χ0n) is 13.6. The van der Waals surface area contributed by atoms with Gasteiger partial charge >= 0.3 is 0 Å². The molecule has 3 rings (SSSR count). The van der Waals surface area contributed by atoms with Gasteiger partial charge in [0.15, 0.2) is 5.78 Å². The Hall–Kier alpha value is -3.52. The van der Waals surface area contributed by atoms with E-state index < -0.39 is 5.56 Å². The van der Waals surface area contributed by atoms with Crippen LogP contribution >= 0.6 is 0 Å². The van der Waals surface area contributed by atoms with E-state index in [-0.39, 0.29) is 23.7 Å². The van der Waals surface area contributed by atoms with Crippen LogP contribution in [0.4, 0.5) is 5.69 Å².